The van der Waals surface area contributed by atoms with E-state index in [-0.39, 0.29) is 5.75 Å². The molecule has 0 fully saturated rings. The van der Waals surface area contributed by atoms with Gasteiger partial charge in [-0.2, -0.15) is 0 Å². The van der Waals surface area contributed by atoms with E-state index in [1.54, 1.807) is 13.0 Å². The van der Waals surface area contributed by atoms with Crippen LogP contribution >= 0.6 is 0 Å². The Labute approximate surface area is 155 Å². The molecule has 2 rings (SSSR count). The van der Waals surface area contributed by atoms with Gasteiger partial charge in [-0.3, -0.25) is 0 Å². The minimum Gasteiger partial charge on any atom is -0.508 e. The number of esters is 1. The number of aryl methyl sites for hydroxylation is 2. The second kappa shape index (κ2) is 7.50. The highest BCUT2D eigenvalue weighted by Gasteiger charge is 2.33. The quantitative estimate of drug-likeness (QED) is 0.782. The molecule has 2 aromatic rings. The number of phenolic OH excluding ortho intramolecular Hbond substituents is 1. The molecule has 4 heteroatoms. The van der Waals surface area contributed by atoms with Gasteiger partial charge in [0, 0.05) is 5.56 Å². The highest BCUT2D eigenvalue weighted by molar-refractivity contribution is 5.84. The maximum Gasteiger partial charge on any atom is 0.339 e. The van der Waals surface area contributed by atoms with Crippen molar-refractivity contribution in [1.82, 2.24) is 0 Å². The van der Waals surface area contributed by atoms with Crippen molar-refractivity contribution < 1.29 is 19.4 Å². The molecule has 4 nitrogen and oxygen atoms in total. The number of benzene rings is 2. The highest BCUT2D eigenvalue weighted by Crippen LogP contribution is 2.41. The Bertz CT molecular complexity index is 798. The summed E-state index contributed by atoms with van der Waals surface area (Å²) in [4.78, 5) is 12.6. The molecule has 0 heterocycles. The predicted molar refractivity (Wildman–Crippen MR) is 103 cm³/mol. The van der Waals surface area contributed by atoms with Gasteiger partial charge in [0.15, 0.2) is 6.10 Å². The topological polar surface area (TPSA) is 55.8 Å². The number of carbonyl (C=O) groups is 1. The smallest absolute Gasteiger partial charge is 0.339 e. The fourth-order valence-corrected chi connectivity index (χ4v) is 3.04. The summed E-state index contributed by atoms with van der Waals surface area (Å²) in [7, 11) is 1.35. The minimum atomic E-state index is -0.929. The Hall–Kier alpha value is -2.33. The molecular weight excluding hydrogens is 328 g/mol. The van der Waals surface area contributed by atoms with Gasteiger partial charge in [0.05, 0.1) is 12.7 Å². The van der Waals surface area contributed by atoms with Crippen molar-refractivity contribution in [3.05, 3.63) is 52.6 Å². The maximum atomic E-state index is 12.6. The first-order chi connectivity index (χ1) is 12.0. The lowest BCUT2D eigenvalue weighted by Crippen LogP contribution is -2.29. The van der Waals surface area contributed by atoms with E-state index in [4.69, 9.17) is 9.47 Å². The van der Waals surface area contributed by atoms with Gasteiger partial charge in [-0.1, -0.05) is 29.8 Å². The van der Waals surface area contributed by atoms with Crippen molar-refractivity contribution in [2.75, 3.05) is 7.11 Å². The molecule has 0 saturated heterocycles. The normalized spacial score (nSPS) is 12.7. The van der Waals surface area contributed by atoms with Crippen LogP contribution in [0.1, 0.15) is 49.1 Å². The number of hydrogen-bond acceptors (Lipinski definition) is 4. The molecule has 0 amide bonds. The summed E-state index contributed by atoms with van der Waals surface area (Å²) >= 11 is 0. The predicted octanol–water partition coefficient (Wildman–Crippen LogP) is 5.01. The Balaban J connectivity index is 2.78. The second-order valence-electron chi connectivity index (χ2n) is 7.63. The fraction of sp³-hybridized carbons (Fsp3) is 0.409. The number of carbonyl (C=O) groups excluding carboxylic acids is 1. The molecule has 0 bridgehead atoms. The summed E-state index contributed by atoms with van der Waals surface area (Å²) in [6, 6.07) is 9.81. The third-order valence-electron chi connectivity index (χ3n) is 4.29. The van der Waals surface area contributed by atoms with Crippen LogP contribution in [0.25, 0.3) is 11.1 Å². The first kappa shape index (κ1) is 20.0. The van der Waals surface area contributed by atoms with Crippen LogP contribution in [0.3, 0.4) is 0 Å². The standard InChI is InChI=1S/C22H28O4/c1-13-8-10-16(11-9-13)18-14(2)12-17(23)15(3)19(18)20(21(24)25-7)26-22(4,5)6/h8-12,20,23H,1-7H3/t20-/m0/s1. The number of methoxy groups -OCH3 is 1. The van der Waals surface area contributed by atoms with E-state index in [0.717, 1.165) is 22.3 Å². The number of aromatic hydroxyl groups is 1. The van der Waals surface area contributed by atoms with Crippen molar-refractivity contribution in [1.29, 1.82) is 0 Å². The molecule has 0 aromatic heterocycles. The highest BCUT2D eigenvalue weighted by atomic mass is 16.6. The average Bonchev–Trinajstić information content (AvgIpc) is 2.55. The molecule has 0 aliphatic rings. The van der Waals surface area contributed by atoms with Crippen LogP contribution in [0.5, 0.6) is 5.75 Å². The maximum absolute atomic E-state index is 12.6. The van der Waals surface area contributed by atoms with E-state index < -0.39 is 17.7 Å². The molecule has 140 valence electrons. The molecule has 1 atom stereocenters. The Kier molecular flexibility index (Phi) is 5.77. The number of ether oxygens (including phenoxy) is 2. The molecule has 0 spiro atoms. The number of phenols is 1. The van der Waals surface area contributed by atoms with Gasteiger partial charge < -0.3 is 14.6 Å². The van der Waals surface area contributed by atoms with E-state index in [1.165, 1.54) is 7.11 Å². The summed E-state index contributed by atoms with van der Waals surface area (Å²) in [5, 5.41) is 10.4. The Morgan fingerprint density at radius 1 is 1.08 bits per heavy atom. The minimum absolute atomic E-state index is 0.139. The van der Waals surface area contributed by atoms with E-state index >= 15 is 0 Å². The van der Waals surface area contributed by atoms with Crippen molar-refractivity contribution in [3.8, 4) is 16.9 Å². The van der Waals surface area contributed by atoms with E-state index in [0.29, 0.717) is 11.1 Å². The number of rotatable bonds is 4. The van der Waals surface area contributed by atoms with Gasteiger partial charge in [-0.25, -0.2) is 4.79 Å². The van der Waals surface area contributed by atoms with Gasteiger partial charge in [0.1, 0.15) is 5.75 Å². The fourth-order valence-electron chi connectivity index (χ4n) is 3.04. The molecule has 0 aliphatic carbocycles. The Morgan fingerprint density at radius 3 is 2.15 bits per heavy atom. The lowest BCUT2D eigenvalue weighted by molar-refractivity contribution is -0.164. The summed E-state index contributed by atoms with van der Waals surface area (Å²) in [6.45, 7) is 11.4. The van der Waals surface area contributed by atoms with Crippen molar-refractivity contribution in [2.45, 2.75) is 53.2 Å². The lowest BCUT2D eigenvalue weighted by Gasteiger charge is -2.29. The molecule has 0 unspecified atom stereocenters. The molecule has 0 radical (unpaired) electrons. The SMILES string of the molecule is COC(=O)[C@@H](OC(C)(C)C)c1c(C)c(O)cc(C)c1-c1ccc(C)cc1. The molecular formula is C22H28O4. The van der Waals surface area contributed by atoms with Crippen LogP contribution < -0.4 is 0 Å². The first-order valence-corrected chi connectivity index (χ1v) is 8.71. The summed E-state index contributed by atoms with van der Waals surface area (Å²) in [5.41, 5.74) is 4.59. The van der Waals surface area contributed by atoms with Gasteiger partial charge >= 0.3 is 5.97 Å². The molecule has 26 heavy (non-hydrogen) atoms. The van der Waals surface area contributed by atoms with Gasteiger partial charge in [-0.15, -0.1) is 0 Å². The molecule has 0 aliphatic heterocycles. The lowest BCUT2D eigenvalue weighted by atomic mass is 9.87. The molecule has 2 aromatic carbocycles. The van der Waals surface area contributed by atoms with Gasteiger partial charge in [-0.05, 0) is 69.9 Å². The van der Waals surface area contributed by atoms with Crippen molar-refractivity contribution in [2.24, 2.45) is 0 Å². The second-order valence-corrected chi connectivity index (χ2v) is 7.63. The zero-order chi connectivity index (χ0) is 19.6. The first-order valence-electron chi connectivity index (χ1n) is 8.71. The van der Waals surface area contributed by atoms with Crippen LogP contribution in [-0.4, -0.2) is 23.8 Å². The van der Waals surface area contributed by atoms with Crippen molar-refractivity contribution in [3.63, 3.8) is 0 Å². The zero-order valence-corrected chi connectivity index (χ0v) is 16.6. The van der Waals surface area contributed by atoms with Crippen molar-refractivity contribution >= 4 is 5.97 Å². The summed E-state index contributed by atoms with van der Waals surface area (Å²) in [6.07, 6.45) is -0.929. The zero-order valence-electron chi connectivity index (χ0n) is 16.6. The molecule has 0 saturated carbocycles. The van der Waals surface area contributed by atoms with Crippen LogP contribution in [0.2, 0.25) is 0 Å². The van der Waals surface area contributed by atoms with E-state index in [1.807, 2.05) is 58.9 Å². The average molecular weight is 356 g/mol. The Morgan fingerprint density at radius 2 is 1.65 bits per heavy atom. The summed E-state index contributed by atoms with van der Waals surface area (Å²) < 4.78 is 11.1. The molecule has 1 N–H and O–H groups in total. The van der Waals surface area contributed by atoms with Gasteiger partial charge in [0.25, 0.3) is 0 Å². The third kappa shape index (κ3) is 4.25. The van der Waals surface area contributed by atoms with Crippen LogP contribution in [0.15, 0.2) is 30.3 Å². The third-order valence-corrected chi connectivity index (χ3v) is 4.29. The van der Waals surface area contributed by atoms with Gasteiger partial charge in [0.2, 0.25) is 0 Å². The van der Waals surface area contributed by atoms with Crippen LogP contribution in [0, 0.1) is 20.8 Å². The van der Waals surface area contributed by atoms with Crippen LogP contribution in [-0.2, 0) is 14.3 Å². The summed E-state index contributed by atoms with van der Waals surface area (Å²) in [5.74, 6) is -0.346. The monoisotopic (exact) mass is 356 g/mol. The van der Waals surface area contributed by atoms with Crippen LogP contribution in [0.4, 0.5) is 0 Å². The number of hydrogen-bond donors (Lipinski definition) is 1. The van der Waals surface area contributed by atoms with E-state index in [9.17, 15) is 9.90 Å². The van der Waals surface area contributed by atoms with E-state index in [2.05, 4.69) is 0 Å². The largest absolute Gasteiger partial charge is 0.508 e.